The molecule has 0 unspecified atom stereocenters. The largest absolute Gasteiger partial charge is 0.447 e. The molecule has 0 spiro atoms. The van der Waals surface area contributed by atoms with Gasteiger partial charge in [-0.1, -0.05) is 47.5 Å². The number of ether oxygens (including phenoxy) is 1. The molecule has 0 saturated carbocycles. The topological polar surface area (TPSA) is 46.6 Å². The summed E-state index contributed by atoms with van der Waals surface area (Å²) in [6.45, 7) is 0.828. The highest BCUT2D eigenvalue weighted by atomic mass is 35.5. The minimum atomic E-state index is -0.402. The molecule has 1 saturated heterocycles. The van der Waals surface area contributed by atoms with Crippen molar-refractivity contribution in [3.05, 3.63) is 69.7 Å². The highest BCUT2D eigenvalue weighted by Crippen LogP contribution is 2.26. The highest BCUT2D eigenvalue weighted by Gasteiger charge is 2.23. The van der Waals surface area contributed by atoms with Crippen molar-refractivity contribution < 1.29 is 14.3 Å². The fourth-order valence-corrected chi connectivity index (χ4v) is 2.74. The maximum atomic E-state index is 12.4. The number of halogens is 2. The van der Waals surface area contributed by atoms with Gasteiger partial charge in [-0.3, -0.25) is 9.69 Å². The Bertz CT molecular complexity index is 833. The van der Waals surface area contributed by atoms with E-state index < -0.39 is 6.09 Å². The van der Waals surface area contributed by atoms with Gasteiger partial charge in [-0.25, -0.2) is 4.79 Å². The van der Waals surface area contributed by atoms with Crippen molar-refractivity contribution in [2.75, 3.05) is 18.1 Å². The third-order valence-corrected chi connectivity index (χ3v) is 4.43. The lowest BCUT2D eigenvalue weighted by Gasteiger charge is -2.13. The van der Waals surface area contributed by atoms with E-state index in [4.69, 9.17) is 27.9 Å². The number of allylic oxidation sites excluding steroid dienone is 1. The van der Waals surface area contributed by atoms with Gasteiger partial charge in [0, 0.05) is 11.3 Å². The quantitative estimate of drug-likeness (QED) is 0.577. The van der Waals surface area contributed by atoms with Crippen LogP contribution in [0, 0.1) is 0 Å². The van der Waals surface area contributed by atoms with Crippen molar-refractivity contribution in [1.29, 1.82) is 0 Å². The Morgan fingerprint density at radius 1 is 1.17 bits per heavy atom. The Morgan fingerprint density at radius 2 is 1.96 bits per heavy atom. The number of ketones is 1. The monoisotopic (exact) mass is 361 g/mol. The minimum absolute atomic E-state index is 0.194. The first kappa shape index (κ1) is 16.6. The van der Waals surface area contributed by atoms with E-state index in [9.17, 15) is 9.59 Å². The molecule has 1 amide bonds. The highest BCUT2D eigenvalue weighted by molar-refractivity contribution is 6.42. The zero-order valence-corrected chi connectivity index (χ0v) is 14.1. The molecule has 3 rings (SSSR count). The van der Waals surface area contributed by atoms with E-state index in [1.807, 2.05) is 0 Å². The van der Waals surface area contributed by atoms with Crippen LogP contribution in [0.25, 0.3) is 6.08 Å². The summed E-state index contributed by atoms with van der Waals surface area (Å²) < 4.78 is 4.91. The molecular weight excluding hydrogens is 349 g/mol. The Balaban J connectivity index is 1.81. The zero-order valence-electron chi connectivity index (χ0n) is 12.5. The summed E-state index contributed by atoms with van der Waals surface area (Å²) in [6.07, 6.45) is 2.65. The molecule has 0 N–H and O–H groups in total. The van der Waals surface area contributed by atoms with Crippen LogP contribution in [0.4, 0.5) is 10.5 Å². The molecule has 1 aliphatic rings. The van der Waals surface area contributed by atoms with Crippen LogP contribution >= 0.6 is 23.2 Å². The first-order valence-electron chi connectivity index (χ1n) is 7.27. The number of hydrogen-bond donors (Lipinski definition) is 0. The fourth-order valence-electron chi connectivity index (χ4n) is 2.37. The first-order valence-corrected chi connectivity index (χ1v) is 8.02. The van der Waals surface area contributed by atoms with Gasteiger partial charge in [0.05, 0.1) is 16.6 Å². The molecule has 0 bridgehead atoms. The van der Waals surface area contributed by atoms with Crippen LogP contribution in [0.15, 0.2) is 48.5 Å². The van der Waals surface area contributed by atoms with E-state index in [-0.39, 0.29) is 5.78 Å². The lowest BCUT2D eigenvalue weighted by molar-refractivity contribution is 0.104. The predicted molar refractivity (Wildman–Crippen MR) is 95.0 cm³/mol. The van der Waals surface area contributed by atoms with Crippen LogP contribution in [0.1, 0.15) is 15.9 Å². The molecule has 0 radical (unpaired) electrons. The van der Waals surface area contributed by atoms with Gasteiger partial charge in [0.25, 0.3) is 0 Å². The second-order valence-electron chi connectivity index (χ2n) is 5.16. The Labute approximate surface area is 149 Å². The summed E-state index contributed by atoms with van der Waals surface area (Å²) in [5.74, 6) is -0.194. The molecular formula is C18H13Cl2NO3. The second-order valence-corrected chi connectivity index (χ2v) is 5.94. The van der Waals surface area contributed by atoms with Crippen molar-refractivity contribution in [1.82, 2.24) is 0 Å². The smallest absolute Gasteiger partial charge is 0.414 e. The predicted octanol–water partition coefficient (Wildman–Crippen LogP) is 4.85. The van der Waals surface area contributed by atoms with E-state index >= 15 is 0 Å². The molecule has 4 nitrogen and oxygen atoms in total. The van der Waals surface area contributed by atoms with E-state index in [0.29, 0.717) is 40.0 Å². The number of nitrogens with zero attached hydrogens (tertiary/aromatic N) is 1. The summed E-state index contributed by atoms with van der Waals surface area (Å²) in [4.78, 5) is 25.5. The minimum Gasteiger partial charge on any atom is -0.447 e. The first-order chi connectivity index (χ1) is 11.6. The number of cyclic esters (lactones) is 1. The van der Waals surface area contributed by atoms with Gasteiger partial charge in [0.1, 0.15) is 6.61 Å². The average molecular weight is 362 g/mol. The molecule has 0 atom stereocenters. The zero-order chi connectivity index (χ0) is 17.1. The van der Waals surface area contributed by atoms with Gasteiger partial charge < -0.3 is 4.74 Å². The Morgan fingerprint density at radius 3 is 2.71 bits per heavy atom. The van der Waals surface area contributed by atoms with Gasteiger partial charge in [-0.15, -0.1) is 0 Å². The van der Waals surface area contributed by atoms with Crippen LogP contribution in [0.5, 0.6) is 0 Å². The second kappa shape index (κ2) is 7.07. The summed E-state index contributed by atoms with van der Waals surface area (Å²) in [6, 6.07) is 12.1. The van der Waals surface area contributed by atoms with Crippen LogP contribution in [-0.4, -0.2) is 25.0 Å². The third-order valence-electron chi connectivity index (χ3n) is 3.60. The van der Waals surface area contributed by atoms with Crippen LogP contribution in [-0.2, 0) is 4.74 Å². The number of carbonyl (C=O) groups is 2. The van der Waals surface area contributed by atoms with Crippen LogP contribution < -0.4 is 4.90 Å². The van der Waals surface area contributed by atoms with Gasteiger partial charge in [-0.05, 0) is 35.9 Å². The average Bonchev–Trinajstić information content (AvgIpc) is 3.02. The van der Waals surface area contributed by atoms with E-state index in [1.54, 1.807) is 48.5 Å². The van der Waals surface area contributed by atoms with Gasteiger partial charge >= 0.3 is 6.09 Å². The SMILES string of the molecule is O=C(/C=C/c1cccc(Cl)c1Cl)c1cccc(N2CCOC2=O)c1. The van der Waals surface area contributed by atoms with Crippen molar-refractivity contribution in [2.24, 2.45) is 0 Å². The summed E-state index contributed by atoms with van der Waals surface area (Å²) in [5.41, 5.74) is 1.77. The number of anilines is 1. The van der Waals surface area contributed by atoms with Gasteiger partial charge in [-0.2, -0.15) is 0 Å². The molecule has 1 aliphatic heterocycles. The summed E-state index contributed by atoms with van der Waals surface area (Å²) in [5, 5.41) is 0.831. The maximum Gasteiger partial charge on any atom is 0.414 e. The number of rotatable bonds is 4. The van der Waals surface area contributed by atoms with E-state index in [0.717, 1.165) is 0 Å². The number of hydrogen-bond acceptors (Lipinski definition) is 3. The van der Waals surface area contributed by atoms with Crippen molar-refractivity contribution in [3.8, 4) is 0 Å². The number of amides is 1. The fraction of sp³-hybridized carbons (Fsp3) is 0.111. The lowest BCUT2D eigenvalue weighted by atomic mass is 10.1. The molecule has 2 aromatic rings. The summed E-state index contributed by atoms with van der Waals surface area (Å²) >= 11 is 12.1. The Hall–Kier alpha value is -2.30. The third kappa shape index (κ3) is 3.45. The van der Waals surface area contributed by atoms with E-state index in [1.165, 1.54) is 11.0 Å². The van der Waals surface area contributed by atoms with Gasteiger partial charge in [0.15, 0.2) is 5.78 Å². The van der Waals surface area contributed by atoms with Crippen molar-refractivity contribution >= 4 is 46.8 Å². The van der Waals surface area contributed by atoms with Crippen molar-refractivity contribution in [3.63, 3.8) is 0 Å². The van der Waals surface area contributed by atoms with Crippen molar-refractivity contribution in [2.45, 2.75) is 0 Å². The van der Waals surface area contributed by atoms with E-state index in [2.05, 4.69) is 0 Å². The number of carbonyl (C=O) groups excluding carboxylic acids is 2. The molecule has 6 heteroatoms. The van der Waals surface area contributed by atoms with Crippen LogP contribution in [0.2, 0.25) is 10.0 Å². The molecule has 24 heavy (non-hydrogen) atoms. The standard InChI is InChI=1S/C18H13Cl2NO3/c19-15-6-2-3-12(17(15)20)7-8-16(22)13-4-1-5-14(11-13)21-9-10-24-18(21)23/h1-8,11H,9-10H2/b8-7+. The molecule has 1 fully saturated rings. The van der Waals surface area contributed by atoms with Gasteiger partial charge in [0.2, 0.25) is 0 Å². The molecule has 2 aromatic carbocycles. The van der Waals surface area contributed by atoms with Crippen LogP contribution in [0.3, 0.4) is 0 Å². The molecule has 122 valence electrons. The number of benzene rings is 2. The normalized spacial score (nSPS) is 14.2. The maximum absolute atomic E-state index is 12.4. The molecule has 1 heterocycles. The molecule has 0 aliphatic carbocycles. The molecule has 0 aromatic heterocycles. The Kier molecular flexibility index (Phi) is 4.88. The summed E-state index contributed by atoms with van der Waals surface area (Å²) in [7, 11) is 0. The lowest BCUT2D eigenvalue weighted by Crippen LogP contribution is -2.23.